The van der Waals surface area contributed by atoms with E-state index in [0.717, 1.165) is 42.8 Å². The Labute approximate surface area is 209 Å². The van der Waals surface area contributed by atoms with Crippen LogP contribution < -0.4 is 15.2 Å². The minimum atomic E-state index is -0.404. The van der Waals surface area contributed by atoms with E-state index in [4.69, 9.17) is 9.47 Å². The van der Waals surface area contributed by atoms with Gasteiger partial charge in [-0.1, -0.05) is 18.2 Å². The van der Waals surface area contributed by atoms with Crippen molar-refractivity contribution >= 4 is 16.6 Å². The van der Waals surface area contributed by atoms with E-state index in [9.17, 15) is 4.79 Å². The lowest BCUT2D eigenvalue weighted by Gasteiger charge is -2.39. The molecule has 0 amide bonds. The van der Waals surface area contributed by atoms with Gasteiger partial charge in [0.1, 0.15) is 11.8 Å². The van der Waals surface area contributed by atoms with Gasteiger partial charge in [0, 0.05) is 55.4 Å². The van der Waals surface area contributed by atoms with Crippen LogP contribution in [0.1, 0.15) is 24.4 Å². The van der Waals surface area contributed by atoms with E-state index in [1.54, 1.807) is 11.8 Å². The number of H-pyrrole nitrogens is 1. The van der Waals surface area contributed by atoms with Crippen LogP contribution in [0.3, 0.4) is 0 Å². The number of hydrogen-bond acceptors (Lipinski definition) is 8. The second kappa shape index (κ2) is 10.9. The third kappa shape index (κ3) is 4.95. The lowest BCUT2D eigenvalue weighted by molar-refractivity contribution is 0.171. The minimum absolute atomic E-state index is 0.150. The highest BCUT2D eigenvalue weighted by Crippen LogP contribution is 2.29. The highest BCUT2D eigenvalue weighted by Gasteiger charge is 2.32. The summed E-state index contributed by atoms with van der Waals surface area (Å²) in [5.74, 6) is 1.40. The first-order valence-corrected chi connectivity index (χ1v) is 12.3. The molecule has 0 aliphatic carbocycles. The van der Waals surface area contributed by atoms with Gasteiger partial charge in [0.25, 0.3) is 5.56 Å². The zero-order valence-electron chi connectivity index (χ0n) is 20.6. The van der Waals surface area contributed by atoms with Gasteiger partial charge in [0.05, 0.1) is 19.8 Å². The van der Waals surface area contributed by atoms with Crippen molar-refractivity contribution < 1.29 is 9.47 Å². The van der Waals surface area contributed by atoms with E-state index in [1.807, 2.05) is 37.3 Å². The highest BCUT2D eigenvalue weighted by molar-refractivity contribution is 5.80. The molecule has 10 nitrogen and oxygen atoms in total. The fourth-order valence-corrected chi connectivity index (χ4v) is 4.78. The van der Waals surface area contributed by atoms with E-state index in [-0.39, 0.29) is 5.56 Å². The summed E-state index contributed by atoms with van der Waals surface area (Å²) in [6, 6.07) is 17.6. The number of rotatable bonds is 9. The summed E-state index contributed by atoms with van der Waals surface area (Å²) >= 11 is 0. The number of anilines is 1. The van der Waals surface area contributed by atoms with E-state index in [0.29, 0.717) is 31.1 Å². The molecule has 1 N–H and O–H groups in total. The van der Waals surface area contributed by atoms with E-state index in [2.05, 4.69) is 54.6 Å². The average Bonchev–Trinajstić information content (AvgIpc) is 3.37. The zero-order chi connectivity index (χ0) is 24.9. The maximum atomic E-state index is 13.4. The predicted molar refractivity (Wildman–Crippen MR) is 138 cm³/mol. The topological polar surface area (TPSA) is 101 Å². The van der Waals surface area contributed by atoms with Crippen LogP contribution in [0.15, 0.2) is 59.4 Å². The summed E-state index contributed by atoms with van der Waals surface area (Å²) in [5.41, 5.74) is 2.42. The molecule has 4 aromatic rings. The summed E-state index contributed by atoms with van der Waals surface area (Å²) in [5, 5.41) is 13.4. The van der Waals surface area contributed by atoms with Crippen molar-refractivity contribution in [3.05, 3.63) is 76.3 Å². The van der Waals surface area contributed by atoms with Crippen LogP contribution in [0.2, 0.25) is 0 Å². The molecule has 1 saturated heterocycles. The van der Waals surface area contributed by atoms with Crippen molar-refractivity contribution in [1.29, 1.82) is 0 Å². The lowest BCUT2D eigenvalue weighted by Crippen LogP contribution is -2.49. The second-order valence-electron chi connectivity index (χ2n) is 8.75. The molecule has 2 aromatic heterocycles. The van der Waals surface area contributed by atoms with Gasteiger partial charge >= 0.3 is 0 Å². The molecule has 2 aromatic carbocycles. The quantitative estimate of drug-likeness (QED) is 0.383. The van der Waals surface area contributed by atoms with Crippen LogP contribution in [-0.4, -0.2) is 76.6 Å². The van der Waals surface area contributed by atoms with Gasteiger partial charge < -0.3 is 19.4 Å². The van der Waals surface area contributed by atoms with E-state index >= 15 is 0 Å². The Morgan fingerprint density at radius 2 is 1.86 bits per heavy atom. The van der Waals surface area contributed by atoms with E-state index in [1.165, 1.54) is 5.69 Å². The van der Waals surface area contributed by atoms with Gasteiger partial charge in [-0.3, -0.25) is 9.69 Å². The Hall–Kier alpha value is -3.76. The molecule has 1 unspecified atom stereocenters. The van der Waals surface area contributed by atoms with Crippen molar-refractivity contribution in [3.63, 3.8) is 0 Å². The first-order chi connectivity index (χ1) is 17.7. The predicted octanol–water partition coefficient (Wildman–Crippen LogP) is 2.47. The number of piperazine rings is 1. The largest absolute Gasteiger partial charge is 0.494 e. The Morgan fingerprint density at radius 3 is 2.61 bits per heavy atom. The average molecular weight is 490 g/mol. The number of tetrazole rings is 1. The number of ether oxygens (including phenoxy) is 2. The molecule has 0 radical (unpaired) electrons. The van der Waals surface area contributed by atoms with Crippen LogP contribution in [-0.2, 0) is 11.3 Å². The molecule has 1 fully saturated rings. The number of hydrogen-bond donors (Lipinski definition) is 1. The lowest BCUT2D eigenvalue weighted by atomic mass is 10.0. The second-order valence-corrected chi connectivity index (χ2v) is 8.75. The van der Waals surface area contributed by atoms with Crippen molar-refractivity contribution in [2.24, 2.45) is 0 Å². The summed E-state index contributed by atoms with van der Waals surface area (Å²) in [4.78, 5) is 21.1. The number of nitrogens with zero attached hydrogens (tertiary/aromatic N) is 6. The molecular formula is C26H31N7O3. The third-order valence-electron chi connectivity index (χ3n) is 6.56. The molecule has 188 valence electrons. The van der Waals surface area contributed by atoms with E-state index < -0.39 is 6.04 Å². The van der Waals surface area contributed by atoms with Gasteiger partial charge in [-0.05, 0) is 53.7 Å². The molecule has 0 bridgehead atoms. The molecule has 10 heteroatoms. The van der Waals surface area contributed by atoms with Crippen LogP contribution >= 0.6 is 0 Å². The summed E-state index contributed by atoms with van der Waals surface area (Å²) in [6.45, 7) is 6.68. The molecule has 5 rings (SSSR count). The number of nitrogens with one attached hydrogen (secondary N) is 1. The molecule has 1 aliphatic heterocycles. The minimum Gasteiger partial charge on any atom is -0.494 e. The van der Waals surface area contributed by atoms with Crippen molar-refractivity contribution in [3.8, 4) is 5.75 Å². The normalized spacial score (nSPS) is 15.3. The number of methoxy groups -OCH3 is 1. The Balaban J connectivity index is 1.53. The summed E-state index contributed by atoms with van der Waals surface area (Å²) in [6.07, 6.45) is 0. The SMILES string of the molecule is CCOc1ccc2[nH]c(=O)c(C(c3nnnn3CCOC)N3CCN(c4ccccc4)CC3)cc2c1. The molecule has 1 aliphatic rings. The molecule has 36 heavy (non-hydrogen) atoms. The Bertz CT molecular complexity index is 1350. The van der Waals surface area contributed by atoms with Crippen LogP contribution in [0.4, 0.5) is 5.69 Å². The monoisotopic (exact) mass is 489 g/mol. The van der Waals surface area contributed by atoms with Crippen molar-refractivity contribution in [2.45, 2.75) is 19.5 Å². The van der Waals surface area contributed by atoms with Crippen molar-refractivity contribution in [1.82, 2.24) is 30.1 Å². The summed E-state index contributed by atoms with van der Waals surface area (Å²) in [7, 11) is 1.65. The number of benzene rings is 2. The zero-order valence-corrected chi connectivity index (χ0v) is 20.6. The summed E-state index contributed by atoms with van der Waals surface area (Å²) < 4.78 is 12.7. The fraction of sp³-hybridized carbons (Fsp3) is 0.385. The van der Waals surface area contributed by atoms with Crippen molar-refractivity contribution in [2.75, 3.05) is 51.4 Å². The standard InChI is InChI=1S/C26H31N7O3/c1-3-36-21-9-10-23-19(17-21)18-22(26(34)27-23)24(25-28-29-30-33(25)15-16-35-2)32-13-11-31(12-14-32)20-7-5-4-6-8-20/h4-10,17-18,24H,3,11-16H2,1-2H3,(H,27,34). The van der Waals surface area contributed by atoms with Gasteiger partial charge in [-0.25, -0.2) is 4.68 Å². The maximum Gasteiger partial charge on any atom is 0.253 e. The number of aromatic nitrogens is 5. The fourth-order valence-electron chi connectivity index (χ4n) is 4.78. The smallest absolute Gasteiger partial charge is 0.253 e. The Kier molecular flexibility index (Phi) is 7.24. The third-order valence-corrected chi connectivity index (χ3v) is 6.56. The van der Waals surface area contributed by atoms with Gasteiger partial charge in [0.15, 0.2) is 5.82 Å². The molecule has 3 heterocycles. The molecule has 0 spiro atoms. The Morgan fingerprint density at radius 1 is 1.06 bits per heavy atom. The number of para-hydroxylation sites is 1. The van der Waals surface area contributed by atoms with Gasteiger partial charge in [-0.15, -0.1) is 5.10 Å². The number of pyridine rings is 1. The molecule has 0 saturated carbocycles. The molecule has 1 atom stereocenters. The van der Waals surface area contributed by atoms with Crippen LogP contribution in [0.25, 0.3) is 10.9 Å². The maximum absolute atomic E-state index is 13.4. The number of aromatic amines is 1. The highest BCUT2D eigenvalue weighted by atomic mass is 16.5. The van der Waals surface area contributed by atoms with Crippen LogP contribution in [0, 0.1) is 0 Å². The first kappa shape index (κ1) is 24.0. The van der Waals surface area contributed by atoms with Gasteiger partial charge in [-0.2, -0.15) is 0 Å². The number of fused-ring (bicyclic) bond motifs is 1. The first-order valence-electron chi connectivity index (χ1n) is 12.3. The van der Waals surface area contributed by atoms with Gasteiger partial charge in [0.2, 0.25) is 0 Å². The van der Waals surface area contributed by atoms with Crippen LogP contribution in [0.5, 0.6) is 5.75 Å². The molecular weight excluding hydrogens is 458 g/mol.